The van der Waals surface area contributed by atoms with Crippen molar-refractivity contribution in [3.05, 3.63) is 106 Å². The minimum absolute atomic E-state index is 0.122. The zero-order valence-electron chi connectivity index (χ0n) is 18.0. The zero-order chi connectivity index (χ0) is 23.7. The summed E-state index contributed by atoms with van der Waals surface area (Å²) in [5.74, 6) is 0.263. The van der Waals surface area contributed by atoms with E-state index in [1.165, 1.54) is 19.2 Å². The Morgan fingerprint density at radius 2 is 1.82 bits per heavy atom. The maximum Gasteiger partial charge on any atom is 0.261 e. The Hall–Kier alpha value is -4.17. The normalized spacial score (nSPS) is 14.6. The molecule has 0 fully saturated rings. The number of para-hydroxylation sites is 1. The van der Waals surface area contributed by atoms with Crippen molar-refractivity contribution >= 4 is 35.1 Å². The molecule has 1 aliphatic rings. The van der Waals surface area contributed by atoms with Crippen LogP contribution in [0.4, 0.5) is 16.3 Å². The van der Waals surface area contributed by atoms with E-state index in [9.17, 15) is 9.18 Å². The van der Waals surface area contributed by atoms with Crippen molar-refractivity contribution in [2.24, 2.45) is 0 Å². The summed E-state index contributed by atoms with van der Waals surface area (Å²) in [5, 5.41) is 11.1. The van der Waals surface area contributed by atoms with Crippen LogP contribution in [0.2, 0.25) is 5.02 Å². The molecule has 9 heteroatoms. The second-order valence-electron chi connectivity index (χ2n) is 7.57. The molecule has 0 spiro atoms. The minimum atomic E-state index is -0.399. The number of anilines is 2. The lowest BCUT2D eigenvalue weighted by Gasteiger charge is -2.24. The lowest BCUT2D eigenvalue weighted by atomic mass is 10.0. The van der Waals surface area contributed by atoms with Crippen molar-refractivity contribution in [3.63, 3.8) is 0 Å². The molecule has 3 aromatic carbocycles. The van der Waals surface area contributed by atoms with Crippen LogP contribution in [0, 0.1) is 5.82 Å². The van der Waals surface area contributed by atoms with Gasteiger partial charge < -0.3 is 10.1 Å². The molecule has 0 saturated heterocycles. The highest BCUT2D eigenvalue weighted by atomic mass is 35.5. The van der Waals surface area contributed by atoms with E-state index in [1.54, 1.807) is 53.2 Å². The molecule has 34 heavy (non-hydrogen) atoms. The van der Waals surface area contributed by atoms with E-state index in [2.05, 4.69) is 20.7 Å². The molecule has 0 saturated carbocycles. The van der Waals surface area contributed by atoms with E-state index in [0.717, 1.165) is 16.8 Å². The third kappa shape index (κ3) is 4.23. The molecule has 0 bridgehead atoms. The number of carbonyl (C=O) groups excluding carboxylic acids is 1. The minimum Gasteiger partial charge on any atom is -0.496 e. The van der Waals surface area contributed by atoms with E-state index < -0.39 is 5.91 Å². The van der Waals surface area contributed by atoms with Crippen LogP contribution in [0.1, 0.15) is 27.5 Å². The quantitative estimate of drug-likeness (QED) is 0.404. The lowest BCUT2D eigenvalue weighted by molar-refractivity contribution is 0.102. The molecule has 1 unspecified atom stereocenters. The first-order chi connectivity index (χ1) is 16.5. The van der Waals surface area contributed by atoms with E-state index in [1.807, 2.05) is 18.2 Å². The highest BCUT2D eigenvalue weighted by Gasteiger charge is 2.26. The van der Waals surface area contributed by atoms with Crippen LogP contribution in [0.25, 0.3) is 5.70 Å². The van der Waals surface area contributed by atoms with Gasteiger partial charge in [-0.25, -0.2) is 9.07 Å². The maximum atomic E-state index is 13.6. The van der Waals surface area contributed by atoms with Gasteiger partial charge in [-0.05, 0) is 53.6 Å². The number of methoxy groups -OCH3 is 1. The van der Waals surface area contributed by atoms with Gasteiger partial charge in [0.05, 0.1) is 12.7 Å². The van der Waals surface area contributed by atoms with Crippen LogP contribution in [0.3, 0.4) is 0 Å². The summed E-state index contributed by atoms with van der Waals surface area (Å²) in [6, 6.07) is 20.1. The molecule has 2 heterocycles. The SMILES string of the molecule is COc1ccccc1C(=O)Nc1nc2n(n1)C(c1ccc(F)cc1)C=C(c1ccc(Cl)cc1)N2. The van der Waals surface area contributed by atoms with E-state index in [0.29, 0.717) is 22.3 Å². The standard InChI is InChI=1S/C25H19ClFN5O2/c1-34-22-5-3-2-4-19(22)23(33)29-24-30-25-28-20(15-6-10-17(26)11-7-15)14-21(32(25)31-24)16-8-12-18(27)13-9-16/h2-14,21H,1H3,(H2,28,29,30,31,33). The average Bonchev–Trinajstić information content (AvgIpc) is 3.26. The second-order valence-corrected chi connectivity index (χ2v) is 8.00. The maximum absolute atomic E-state index is 13.6. The largest absolute Gasteiger partial charge is 0.496 e. The average molecular weight is 476 g/mol. The Morgan fingerprint density at radius 1 is 1.09 bits per heavy atom. The molecule has 5 rings (SSSR count). The Labute approximate surface area is 199 Å². The Morgan fingerprint density at radius 3 is 2.56 bits per heavy atom. The summed E-state index contributed by atoms with van der Waals surface area (Å²) in [6.45, 7) is 0. The number of fused-ring (bicyclic) bond motifs is 1. The van der Waals surface area contributed by atoms with E-state index in [4.69, 9.17) is 16.3 Å². The molecule has 1 aromatic heterocycles. The van der Waals surface area contributed by atoms with Crippen molar-refractivity contribution in [1.82, 2.24) is 14.8 Å². The van der Waals surface area contributed by atoms with Crippen LogP contribution >= 0.6 is 11.6 Å². The second kappa shape index (κ2) is 8.99. The fourth-order valence-electron chi connectivity index (χ4n) is 3.74. The highest BCUT2D eigenvalue weighted by molar-refractivity contribution is 6.30. The molecular formula is C25H19ClFN5O2. The van der Waals surface area contributed by atoms with Gasteiger partial charge in [-0.15, -0.1) is 5.10 Å². The third-order valence-electron chi connectivity index (χ3n) is 5.41. The summed E-state index contributed by atoms with van der Waals surface area (Å²) in [7, 11) is 1.50. The number of hydrogen-bond donors (Lipinski definition) is 2. The van der Waals surface area contributed by atoms with Crippen LogP contribution in [-0.4, -0.2) is 27.8 Å². The van der Waals surface area contributed by atoms with Crippen molar-refractivity contribution in [1.29, 1.82) is 0 Å². The van der Waals surface area contributed by atoms with Gasteiger partial charge in [0.2, 0.25) is 5.95 Å². The van der Waals surface area contributed by atoms with E-state index >= 15 is 0 Å². The summed E-state index contributed by atoms with van der Waals surface area (Å²) >= 11 is 6.04. The monoisotopic (exact) mass is 475 g/mol. The van der Waals surface area contributed by atoms with Crippen LogP contribution in [-0.2, 0) is 0 Å². The lowest BCUT2D eigenvalue weighted by Crippen LogP contribution is -2.20. The first kappa shape index (κ1) is 21.7. The Bertz CT molecular complexity index is 1380. The van der Waals surface area contributed by atoms with Gasteiger partial charge in [0, 0.05) is 10.7 Å². The number of carbonyl (C=O) groups is 1. The van der Waals surface area contributed by atoms with Gasteiger partial charge in [0.15, 0.2) is 0 Å². The molecule has 1 amide bonds. The predicted molar refractivity (Wildman–Crippen MR) is 129 cm³/mol. The molecule has 0 radical (unpaired) electrons. The molecule has 170 valence electrons. The number of aromatic nitrogens is 3. The number of ether oxygens (including phenoxy) is 1. The summed E-state index contributed by atoms with van der Waals surface area (Å²) in [5.41, 5.74) is 2.85. The summed E-state index contributed by atoms with van der Waals surface area (Å²) in [4.78, 5) is 17.3. The molecule has 1 atom stereocenters. The molecule has 7 nitrogen and oxygen atoms in total. The third-order valence-corrected chi connectivity index (χ3v) is 5.66. The smallest absolute Gasteiger partial charge is 0.261 e. The Kier molecular flexibility index (Phi) is 5.73. The molecule has 4 aromatic rings. The summed E-state index contributed by atoms with van der Waals surface area (Å²) in [6.07, 6.45) is 1.96. The van der Waals surface area contributed by atoms with Gasteiger partial charge in [0.1, 0.15) is 17.6 Å². The van der Waals surface area contributed by atoms with Gasteiger partial charge in [-0.2, -0.15) is 4.98 Å². The van der Waals surface area contributed by atoms with Crippen molar-refractivity contribution in [2.75, 3.05) is 17.7 Å². The first-order valence-electron chi connectivity index (χ1n) is 10.4. The molecule has 2 N–H and O–H groups in total. The fraction of sp³-hybridized carbons (Fsp3) is 0.0800. The van der Waals surface area contributed by atoms with Gasteiger partial charge >= 0.3 is 0 Å². The van der Waals surface area contributed by atoms with Gasteiger partial charge in [-0.1, -0.05) is 48.0 Å². The Balaban J connectivity index is 1.51. The van der Waals surface area contributed by atoms with Crippen LogP contribution in [0.5, 0.6) is 5.75 Å². The number of benzene rings is 3. The van der Waals surface area contributed by atoms with Gasteiger partial charge in [-0.3, -0.25) is 10.1 Å². The number of halogens is 2. The summed E-state index contributed by atoms with van der Waals surface area (Å²) < 4.78 is 20.5. The number of nitrogens with zero attached hydrogens (tertiary/aromatic N) is 3. The van der Waals surface area contributed by atoms with Crippen molar-refractivity contribution in [3.8, 4) is 5.75 Å². The molecular weight excluding hydrogens is 457 g/mol. The first-order valence-corrected chi connectivity index (χ1v) is 10.8. The topological polar surface area (TPSA) is 81.1 Å². The highest BCUT2D eigenvalue weighted by Crippen LogP contribution is 2.33. The number of amides is 1. The zero-order valence-corrected chi connectivity index (χ0v) is 18.8. The predicted octanol–water partition coefficient (Wildman–Crippen LogP) is 5.39. The van der Waals surface area contributed by atoms with Gasteiger partial charge in [0.25, 0.3) is 11.9 Å². The van der Waals surface area contributed by atoms with Crippen molar-refractivity contribution < 1.29 is 13.9 Å². The number of hydrogen-bond acceptors (Lipinski definition) is 5. The molecule has 1 aliphatic heterocycles. The van der Waals surface area contributed by atoms with Crippen LogP contribution < -0.4 is 15.4 Å². The number of nitrogens with one attached hydrogen (secondary N) is 2. The number of allylic oxidation sites excluding steroid dienone is 1. The van der Waals surface area contributed by atoms with Crippen LogP contribution in [0.15, 0.2) is 78.9 Å². The van der Waals surface area contributed by atoms with Crippen molar-refractivity contribution in [2.45, 2.75) is 6.04 Å². The fourth-order valence-corrected chi connectivity index (χ4v) is 3.87. The molecule has 0 aliphatic carbocycles. The van der Waals surface area contributed by atoms with E-state index in [-0.39, 0.29) is 17.8 Å². The number of rotatable bonds is 5.